The summed E-state index contributed by atoms with van der Waals surface area (Å²) in [7, 11) is 0. The molecule has 0 N–H and O–H groups in total. The van der Waals surface area contributed by atoms with Crippen molar-refractivity contribution in [1.82, 2.24) is 19.9 Å². The third-order valence-electron chi connectivity index (χ3n) is 10.5. The Morgan fingerprint density at radius 1 is 0.345 bits per heavy atom. The molecule has 0 saturated carbocycles. The molecule has 7 heteroatoms. The van der Waals surface area contributed by atoms with Gasteiger partial charge >= 0.3 is 0 Å². The Morgan fingerprint density at radius 2 is 1.00 bits per heavy atom. The minimum Gasteiger partial charge on any atom is -0.456 e. The maximum absolute atomic E-state index is 6.82. The zero-order chi connectivity index (χ0) is 36.0. The molecule has 4 aromatic heterocycles. The largest absolute Gasteiger partial charge is 0.456 e. The van der Waals surface area contributed by atoms with Gasteiger partial charge in [-0.2, -0.15) is 0 Å². The van der Waals surface area contributed by atoms with Gasteiger partial charge in [0, 0.05) is 32.8 Å². The van der Waals surface area contributed by atoms with Crippen LogP contribution in [0, 0.1) is 0 Å². The van der Waals surface area contributed by atoms with E-state index in [0.717, 1.165) is 82.0 Å². The summed E-state index contributed by atoms with van der Waals surface area (Å²) in [5, 5.41) is 8.06. The number of hydrogen-bond acceptors (Lipinski definition) is 7. The van der Waals surface area contributed by atoms with Crippen LogP contribution < -0.4 is 0 Å². The first-order valence-electron chi connectivity index (χ1n) is 18.1. The van der Waals surface area contributed by atoms with Gasteiger partial charge in [-0.15, -0.1) is 0 Å². The summed E-state index contributed by atoms with van der Waals surface area (Å²) < 4.78 is 19.3. The zero-order valence-corrected chi connectivity index (χ0v) is 29.0. The highest BCUT2D eigenvalue weighted by Crippen LogP contribution is 2.44. The van der Waals surface area contributed by atoms with Gasteiger partial charge in [0.15, 0.2) is 23.1 Å². The van der Waals surface area contributed by atoms with E-state index in [1.54, 1.807) is 0 Å². The van der Waals surface area contributed by atoms with Crippen molar-refractivity contribution < 1.29 is 13.3 Å². The molecule has 0 saturated heterocycles. The third kappa shape index (κ3) is 4.63. The highest BCUT2D eigenvalue weighted by Gasteiger charge is 2.24. The van der Waals surface area contributed by atoms with E-state index in [9.17, 15) is 0 Å². The Labute approximate surface area is 312 Å². The second-order valence-corrected chi connectivity index (χ2v) is 13.8. The summed E-state index contributed by atoms with van der Waals surface area (Å²) in [6.07, 6.45) is 0. The van der Waals surface area contributed by atoms with Crippen LogP contribution in [0.1, 0.15) is 0 Å². The maximum Gasteiger partial charge on any atom is 0.227 e. The molecule has 55 heavy (non-hydrogen) atoms. The average molecular weight is 707 g/mol. The zero-order valence-electron chi connectivity index (χ0n) is 29.0. The topological polar surface area (TPSA) is 91.0 Å². The van der Waals surface area contributed by atoms with Crippen molar-refractivity contribution in [2.24, 2.45) is 0 Å². The van der Waals surface area contributed by atoms with Gasteiger partial charge in [0.1, 0.15) is 27.8 Å². The molecule has 0 spiro atoms. The number of benzene rings is 8. The Hall–Kier alpha value is -7.64. The van der Waals surface area contributed by atoms with E-state index in [1.165, 1.54) is 0 Å². The van der Waals surface area contributed by atoms with Crippen LogP contribution in [-0.4, -0.2) is 19.9 Å². The summed E-state index contributed by atoms with van der Waals surface area (Å²) in [6.45, 7) is 0. The Balaban J connectivity index is 1.15. The number of rotatable bonds is 4. The van der Waals surface area contributed by atoms with E-state index in [2.05, 4.69) is 60.7 Å². The lowest BCUT2D eigenvalue weighted by molar-refractivity contribution is 0.619. The Morgan fingerprint density at radius 3 is 1.87 bits per heavy atom. The van der Waals surface area contributed by atoms with Crippen LogP contribution in [0.3, 0.4) is 0 Å². The minimum absolute atomic E-state index is 0.507. The van der Waals surface area contributed by atoms with E-state index in [0.29, 0.717) is 40.1 Å². The summed E-state index contributed by atoms with van der Waals surface area (Å²) in [4.78, 5) is 20.7. The lowest BCUT2D eigenvalue weighted by Crippen LogP contribution is -2.01. The van der Waals surface area contributed by atoms with Crippen molar-refractivity contribution in [3.63, 3.8) is 0 Å². The molecule has 7 nitrogen and oxygen atoms in total. The lowest BCUT2D eigenvalue weighted by atomic mass is 9.99. The number of aromatic nitrogens is 4. The molecule has 12 aromatic rings. The molecular weight excluding hydrogens is 681 g/mol. The number of hydrogen-bond donors (Lipinski definition) is 0. The van der Waals surface area contributed by atoms with Gasteiger partial charge in [-0.05, 0) is 82.2 Å². The van der Waals surface area contributed by atoms with Crippen molar-refractivity contribution in [2.45, 2.75) is 0 Å². The van der Waals surface area contributed by atoms with E-state index in [4.69, 9.17) is 33.2 Å². The highest BCUT2D eigenvalue weighted by molar-refractivity contribution is 6.23. The van der Waals surface area contributed by atoms with Crippen molar-refractivity contribution in [3.05, 3.63) is 158 Å². The molecule has 12 rings (SSSR count). The van der Waals surface area contributed by atoms with Crippen LogP contribution in [0.2, 0.25) is 0 Å². The van der Waals surface area contributed by atoms with E-state index in [-0.39, 0.29) is 0 Å². The molecule has 8 aromatic carbocycles. The van der Waals surface area contributed by atoms with Crippen molar-refractivity contribution in [3.8, 4) is 45.6 Å². The molecule has 0 unspecified atom stereocenters. The Bertz CT molecular complexity index is 3510. The maximum atomic E-state index is 6.82. The van der Waals surface area contributed by atoms with Crippen LogP contribution in [0.15, 0.2) is 171 Å². The molecule has 0 amide bonds. The summed E-state index contributed by atoms with van der Waals surface area (Å²) >= 11 is 0. The van der Waals surface area contributed by atoms with Crippen LogP contribution in [0.25, 0.3) is 122 Å². The first-order chi connectivity index (χ1) is 27.2. The number of fused-ring (bicyclic) bond motifs is 10. The van der Waals surface area contributed by atoms with Crippen molar-refractivity contribution >= 4 is 76.5 Å². The van der Waals surface area contributed by atoms with Gasteiger partial charge in [-0.1, -0.05) is 97.1 Å². The Kier molecular flexibility index (Phi) is 6.21. The van der Waals surface area contributed by atoms with E-state index < -0.39 is 0 Å². The standard InChI is InChI=1S/C48H26N4O3/c1-2-11-28(12-3-1)48-49-43-40(55-48)23-22-39-41(43)36-25-30-14-6-7-15-33(30)42(44(36)54-39)47-51-45(31-19-18-27-10-4-5-13-29(27)24-31)50-46(52-47)32-20-21-38-35(26-32)34-16-8-9-17-37(34)53-38/h1-26H. The van der Waals surface area contributed by atoms with Gasteiger partial charge in [-0.3, -0.25) is 0 Å². The summed E-state index contributed by atoms with van der Waals surface area (Å²) in [5.41, 5.74) is 7.87. The fraction of sp³-hybridized carbons (Fsp3) is 0. The summed E-state index contributed by atoms with van der Waals surface area (Å²) in [5.74, 6) is 2.17. The van der Waals surface area contributed by atoms with Crippen LogP contribution >= 0.6 is 0 Å². The molecule has 4 heterocycles. The fourth-order valence-electron chi connectivity index (χ4n) is 7.92. The monoisotopic (exact) mass is 706 g/mol. The fourth-order valence-corrected chi connectivity index (χ4v) is 7.92. The van der Waals surface area contributed by atoms with Gasteiger partial charge in [0.2, 0.25) is 5.89 Å². The third-order valence-corrected chi connectivity index (χ3v) is 10.5. The molecule has 0 aliphatic carbocycles. The predicted octanol–water partition coefficient (Wildman–Crippen LogP) is 12.8. The second-order valence-electron chi connectivity index (χ2n) is 13.8. The lowest BCUT2D eigenvalue weighted by Gasteiger charge is -2.11. The number of furan rings is 2. The molecule has 0 aliphatic rings. The quantitative estimate of drug-likeness (QED) is 0.180. The molecule has 0 bridgehead atoms. The second kappa shape index (κ2) is 11.4. The van der Waals surface area contributed by atoms with E-state index in [1.807, 2.05) is 97.1 Å². The number of para-hydroxylation sites is 1. The molecule has 256 valence electrons. The van der Waals surface area contributed by atoms with Gasteiger partial charge in [0.25, 0.3) is 0 Å². The van der Waals surface area contributed by atoms with Crippen molar-refractivity contribution in [1.29, 1.82) is 0 Å². The molecule has 0 aliphatic heterocycles. The van der Waals surface area contributed by atoms with E-state index >= 15 is 0 Å². The van der Waals surface area contributed by atoms with Crippen molar-refractivity contribution in [2.75, 3.05) is 0 Å². The molecule has 0 radical (unpaired) electrons. The first kappa shape index (κ1) is 29.9. The van der Waals surface area contributed by atoms with Crippen LogP contribution in [0.5, 0.6) is 0 Å². The predicted molar refractivity (Wildman–Crippen MR) is 219 cm³/mol. The smallest absolute Gasteiger partial charge is 0.227 e. The highest BCUT2D eigenvalue weighted by atomic mass is 16.4. The normalized spacial score (nSPS) is 12.0. The van der Waals surface area contributed by atoms with Crippen LogP contribution in [-0.2, 0) is 0 Å². The van der Waals surface area contributed by atoms with Gasteiger partial charge in [0.05, 0.1) is 10.9 Å². The summed E-state index contributed by atoms with van der Waals surface area (Å²) in [6, 6.07) is 53.1. The SMILES string of the molecule is c1ccc(-c2nc3c(ccc4oc5c(-c6nc(-c7ccc8ccccc8c7)nc(-c7ccc8oc9ccccc9c8c7)n6)c6ccccc6cc5c43)o2)cc1. The molecule has 0 atom stereocenters. The van der Waals surface area contributed by atoms with Crippen LogP contribution in [0.4, 0.5) is 0 Å². The number of nitrogens with zero attached hydrogens (tertiary/aromatic N) is 4. The molecular formula is C48H26N4O3. The minimum atomic E-state index is 0.507. The molecule has 0 fully saturated rings. The number of oxazole rings is 1. The van der Waals surface area contributed by atoms with Gasteiger partial charge in [-0.25, -0.2) is 19.9 Å². The van der Waals surface area contributed by atoms with Gasteiger partial charge < -0.3 is 13.3 Å². The average Bonchev–Trinajstić information content (AvgIpc) is 3.96. The first-order valence-corrected chi connectivity index (χ1v) is 18.1.